The normalized spacial score (nSPS) is 24.7. The molecule has 2 saturated carbocycles. The van der Waals surface area contributed by atoms with Crippen molar-refractivity contribution in [2.75, 3.05) is 12.8 Å². The first-order valence-electron chi connectivity index (χ1n) is 12.8. The Morgan fingerprint density at radius 2 is 1.82 bits per heavy atom. The molecule has 0 radical (unpaired) electrons. The number of nitrogens with one attached hydrogen (secondary N) is 2. The highest BCUT2D eigenvalue weighted by molar-refractivity contribution is 5.89. The number of rotatable bonds is 9. The third kappa shape index (κ3) is 6.92. The predicted octanol–water partition coefficient (Wildman–Crippen LogP) is 3.49. The van der Waals surface area contributed by atoms with Crippen LogP contribution < -0.4 is 16.4 Å². The number of pyridine rings is 1. The second-order valence-electron chi connectivity index (χ2n) is 10.4. The molecule has 1 aromatic rings. The van der Waals surface area contributed by atoms with Crippen molar-refractivity contribution in [2.45, 2.75) is 96.8 Å². The van der Waals surface area contributed by atoms with E-state index < -0.39 is 6.04 Å². The molecule has 184 valence electrons. The highest BCUT2D eigenvalue weighted by Crippen LogP contribution is 2.45. The first-order chi connectivity index (χ1) is 15.8. The first kappa shape index (κ1) is 25.5. The number of hydrogen-bond donors (Lipinski definition) is 3. The maximum Gasteiger partial charge on any atom is 0.242 e. The van der Waals surface area contributed by atoms with Crippen molar-refractivity contribution in [3.05, 3.63) is 23.9 Å². The van der Waals surface area contributed by atoms with Crippen molar-refractivity contribution < 1.29 is 9.59 Å². The van der Waals surface area contributed by atoms with Crippen molar-refractivity contribution in [2.24, 2.45) is 17.8 Å². The Balaban J connectivity index is 1.69. The molecule has 7 heteroatoms. The quantitative estimate of drug-likeness (QED) is 0.527. The lowest BCUT2D eigenvalue weighted by molar-refractivity contribution is -0.132. The zero-order chi connectivity index (χ0) is 24.0. The molecule has 4 unspecified atom stereocenters. The van der Waals surface area contributed by atoms with E-state index in [2.05, 4.69) is 29.5 Å². The van der Waals surface area contributed by atoms with Crippen LogP contribution >= 0.6 is 0 Å². The fourth-order valence-corrected chi connectivity index (χ4v) is 5.68. The van der Waals surface area contributed by atoms with Crippen LogP contribution in [0, 0.1) is 17.8 Å². The molecule has 0 aliphatic heterocycles. The molecular weight excluding hydrogens is 414 g/mol. The summed E-state index contributed by atoms with van der Waals surface area (Å²) < 4.78 is 0. The van der Waals surface area contributed by atoms with Crippen LogP contribution in [0.25, 0.3) is 0 Å². The first-order valence-corrected chi connectivity index (χ1v) is 12.8. The molecule has 0 spiro atoms. The Bertz CT molecular complexity index is 779. The number of carbonyl (C=O) groups is 2. The lowest BCUT2D eigenvalue weighted by Gasteiger charge is -2.42. The maximum absolute atomic E-state index is 13.3. The van der Waals surface area contributed by atoms with E-state index >= 15 is 0 Å². The summed E-state index contributed by atoms with van der Waals surface area (Å²) in [5, 5.41) is 6.14. The molecule has 7 nitrogen and oxygen atoms in total. The van der Waals surface area contributed by atoms with Crippen LogP contribution in [0.15, 0.2) is 18.3 Å². The number of amides is 2. The van der Waals surface area contributed by atoms with Gasteiger partial charge in [-0.05, 0) is 70.0 Å². The molecule has 0 aromatic carbocycles. The van der Waals surface area contributed by atoms with Gasteiger partial charge in [-0.15, -0.1) is 0 Å². The molecule has 2 aliphatic carbocycles. The average Bonchev–Trinajstić information content (AvgIpc) is 2.82. The summed E-state index contributed by atoms with van der Waals surface area (Å²) in [6.07, 6.45) is 11.3. The van der Waals surface area contributed by atoms with Crippen LogP contribution in [0.2, 0.25) is 0 Å². The Kier molecular flexibility index (Phi) is 9.12. The number of likely N-dealkylation sites (N-methyl/N-ethyl adjacent to an activating group) is 1. The number of carbonyl (C=O) groups excluding carboxylic acids is 2. The summed E-state index contributed by atoms with van der Waals surface area (Å²) in [5.74, 6) is 2.24. The van der Waals surface area contributed by atoms with Gasteiger partial charge in [0.05, 0.1) is 6.04 Å². The monoisotopic (exact) mass is 457 g/mol. The molecule has 2 fully saturated rings. The van der Waals surface area contributed by atoms with Crippen LogP contribution in [0.4, 0.5) is 5.82 Å². The van der Waals surface area contributed by atoms with Gasteiger partial charge in [0.1, 0.15) is 11.9 Å². The summed E-state index contributed by atoms with van der Waals surface area (Å²) in [5.41, 5.74) is 6.56. The second-order valence-corrected chi connectivity index (χ2v) is 10.4. The molecule has 33 heavy (non-hydrogen) atoms. The Hall–Kier alpha value is -2.15. The third-order valence-corrected chi connectivity index (χ3v) is 8.01. The molecule has 0 bridgehead atoms. The van der Waals surface area contributed by atoms with Gasteiger partial charge in [-0.1, -0.05) is 44.6 Å². The van der Waals surface area contributed by atoms with Crippen LogP contribution in [0.5, 0.6) is 0 Å². The number of hydrogen-bond acceptors (Lipinski definition) is 5. The van der Waals surface area contributed by atoms with Crippen LogP contribution in [-0.2, 0) is 16.1 Å². The molecular formula is C26H43N5O2. The van der Waals surface area contributed by atoms with E-state index in [4.69, 9.17) is 5.73 Å². The number of nitrogens with two attached hydrogens (primary N) is 1. The Labute approximate surface area is 199 Å². The van der Waals surface area contributed by atoms with Crippen LogP contribution in [-0.4, -0.2) is 46.9 Å². The van der Waals surface area contributed by atoms with E-state index in [9.17, 15) is 9.59 Å². The maximum atomic E-state index is 13.3. The van der Waals surface area contributed by atoms with E-state index in [0.29, 0.717) is 24.2 Å². The summed E-state index contributed by atoms with van der Waals surface area (Å²) in [6.45, 7) is 6.42. The fourth-order valence-electron chi connectivity index (χ4n) is 5.68. The van der Waals surface area contributed by atoms with Gasteiger partial charge in [0.25, 0.3) is 0 Å². The molecule has 3 rings (SSSR count). The number of aromatic nitrogens is 1. The van der Waals surface area contributed by atoms with E-state index in [0.717, 1.165) is 24.3 Å². The van der Waals surface area contributed by atoms with Gasteiger partial charge < -0.3 is 16.4 Å². The number of nitrogens with zero attached hydrogens (tertiary/aromatic N) is 2. The predicted molar refractivity (Wildman–Crippen MR) is 132 cm³/mol. The van der Waals surface area contributed by atoms with E-state index in [1.165, 1.54) is 38.5 Å². The fraction of sp³-hybridized carbons (Fsp3) is 0.731. The van der Waals surface area contributed by atoms with Gasteiger partial charge in [0.15, 0.2) is 0 Å². The zero-order valence-corrected chi connectivity index (χ0v) is 20.8. The van der Waals surface area contributed by atoms with Gasteiger partial charge in [-0.3, -0.25) is 14.5 Å². The molecule has 2 aliphatic rings. The van der Waals surface area contributed by atoms with E-state index in [-0.39, 0.29) is 23.9 Å². The van der Waals surface area contributed by atoms with Gasteiger partial charge in [0.2, 0.25) is 11.8 Å². The van der Waals surface area contributed by atoms with E-state index in [1.807, 2.05) is 24.9 Å². The lowest BCUT2D eigenvalue weighted by atomic mass is 9.64. The second kappa shape index (κ2) is 11.8. The summed E-state index contributed by atoms with van der Waals surface area (Å²) in [7, 11) is 1.95. The van der Waals surface area contributed by atoms with Crippen molar-refractivity contribution in [1.82, 2.24) is 20.5 Å². The van der Waals surface area contributed by atoms with Gasteiger partial charge >= 0.3 is 0 Å². The van der Waals surface area contributed by atoms with Gasteiger partial charge in [-0.25, -0.2) is 4.98 Å². The smallest absolute Gasteiger partial charge is 0.242 e. The van der Waals surface area contributed by atoms with Crippen molar-refractivity contribution >= 4 is 17.6 Å². The molecule has 4 N–H and O–H groups in total. The molecule has 2 amide bonds. The van der Waals surface area contributed by atoms with Crippen LogP contribution in [0.3, 0.4) is 0 Å². The topological polar surface area (TPSA) is 100 Å². The summed E-state index contributed by atoms with van der Waals surface area (Å²) in [4.78, 5) is 32.5. The zero-order valence-electron chi connectivity index (χ0n) is 20.8. The number of nitrogen functional groups attached to an aromatic ring is 1. The molecule has 1 aromatic heterocycles. The van der Waals surface area contributed by atoms with Gasteiger partial charge in [0, 0.05) is 18.8 Å². The SMILES string of the molecule is CC(C)N(C)C(C)C(=O)N[C@@H](CC1CCCC2CCCCC21)C(=O)NCc1ccc(N)nc1. The van der Waals surface area contributed by atoms with Gasteiger partial charge in [-0.2, -0.15) is 0 Å². The molecule has 5 atom stereocenters. The minimum atomic E-state index is -0.520. The standard InChI is InChI=1S/C26H43N5O2/c1-17(2)31(4)18(3)25(32)30-23(26(33)29-16-19-12-13-24(27)28-15-19)14-21-10-7-9-20-8-5-6-11-22(20)21/h12-13,15,17-18,20-23H,5-11,14,16H2,1-4H3,(H2,27,28)(H,29,33)(H,30,32)/t18?,20?,21?,22?,23-/m0/s1. The average molecular weight is 458 g/mol. The van der Waals surface area contributed by atoms with E-state index in [1.54, 1.807) is 12.3 Å². The largest absolute Gasteiger partial charge is 0.384 e. The Morgan fingerprint density at radius 1 is 1.09 bits per heavy atom. The van der Waals surface area contributed by atoms with Crippen LogP contribution in [0.1, 0.15) is 77.7 Å². The van der Waals surface area contributed by atoms with Crippen molar-refractivity contribution in [1.29, 1.82) is 0 Å². The third-order valence-electron chi connectivity index (χ3n) is 8.01. The lowest BCUT2D eigenvalue weighted by Crippen LogP contribution is -2.54. The minimum Gasteiger partial charge on any atom is -0.384 e. The highest BCUT2D eigenvalue weighted by atomic mass is 16.2. The number of fused-ring (bicyclic) bond motifs is 1. The minimum absolute atomic E-state index is 0.0866. The number of anilines is 1. The molecule has 1 heterocycles. The Morgan fingerprint density at radius 3 is 2.52 bits per heavy atom. The highest BCUT2D eigenvalue weighted by Gasteiger charge is 2.37. The molecule has 0 saturated heterocycles. The van der Waals surface area contributed by atoms with Crippen molar-refractivity contribution in [3.63, 3.8) is 0 Å². The van der Waals surface area contributed by atoms with Crippen molar-refractivity contribution in [3.8, 4) is 0 Å². The summed E-state index contributed by atoms with van der Waals surface area (Å²) >= 11 is 0. The summed E-state index contributed by atoms with van der Waals surface area (Å²) in [6, 6.07) is 3.03.